The zero-order valence-electron chi connectivity index (χ0n) is 19.0. The fourth-order valence-electron chi connectivity index (χ4n) is 4.26. The molecular weight excluding hydrogens is 470 g/mol. The van der Waals surface area contributed by atoms with Gasteiger partial charge in [-0.2, -0.15) is 4.72 Å². The summed E-state index contributed by atoms with van der Waals surface area (Å²) in [5.74, 6) is -0.469. The molecule has 3 aromatic rings. The van der Waals surface area contributed by atoms with Crippen molar-refractivity contribution in [3.05, 3.63) is 82.0 Å². The molecule has 9 heteroatoms. The molecule has 2 heterocycles. The van der Waals surface area contributed by atoms with Gasteiger partial charge >= 0.3 is 0 Å². The number of nitrogens with one attached hydrogen (secondary N) is 2. The average Bonchev–Trinajstić information content (AvgIpc) is 3.43. The predicted molar refractivity (Wildman–Crippen MR) is 133 cm³/mol. The molecule has 1 aliphatic heterocycles. The number of hydrogen-bond donors (Lipinski definition) is 2. The van der Waals surface area contributed by atoms with Crippen molar-refractivity contribution < 1.29 is 18.0 Å². The predicted octanol–water partition coefficient (Wildman–Crippen LogP) is 3.25. The molecule has 0 spiro atoms. The molecular formula is C25H27N3O4S2. The lowest BCUT2D eigenvalue weighted by Gasteiger charge is -2.21. The zero-order valence-corrected chi connectivity index (χ0v) is 20.7. The fourth-order valence-corrected chi connectivity index (χ4v) is 6.15. The van der Waals surface area contributed by atoms with Crippen molar-refractivity contribution in [1.82, 2.24) is 10.0 Å². The van der Waals surface area contributed by atoms with Gasteiger partial charge in [-0.1, -0.05) is 36.4 Å². The van der Waals surface area contributed by atoms with Crippen LogP contribution in [0.2, 0.25) is 0 Å². The number of amides is 2. The smallest absolute Gasteiger partial charge is 0.241 e. The quantitative estimate of drug-likeness (QED) is 0.499. The summed E-state index contributed by atoms with van der Waals surface area (Å²) < 4.78 is 29.2. The highest BCUT2D eigenvalue weighted by atomic mass is 32.2. The van der Waals surface area contributed by atoms with E-state index in [-0.39, 0.29) is 23.3 Å². The van der Waals surface area contributed by atoms with Gasteiger partial charge in [0.1, 0.15) is 6.04 Å². The number of carbonyl (C=O) groups is 2. The Labute approximate surface area is 203 Å². The summed E-state index contributed by atoms with van der Waals surface area (Å²) in [6, 6.07) is 16.9. The molecule has 0 saturated heterocycles. The molecule has 4 rings (SSSR count). The third-order valence-corrected chi connectivity index (χ3v) is 8.18. The highest BCUT2D eigenvalue weighted by Crippen LogP contribution is 2.34. The Bertz CT molecular complexity index is 1270. The lowest BCUT2D eigenvalue weighted by Crippen LogP contribution is -2.47. The van der Waals surface area contributed by atoms with E-state index in [0.717, 1.165) is 21.7 Å². The van der Waals surface area contributed by atoms with Crippen LogP contribution in [-0.2, 0) is 39.0 Å². The molecule has 7 nitrogen and oxygen atoms in total. The van der Waals surface area contributed by atoms with Crippen molar-refractivity contribution in [2.45, 2.75) is 50.2 Å². The molecule has 2 atom stereocenters. The van der Waals surface area contributed by atoms with Gasteiger partial charge in [0.05, 0.1) is 11.4 Å². The van der Waals surface area contributed by atoms with E-state index in [1.807, 2.05) is 54.8 Å². The van der Waals surface area contributed by atoms with E-state index in [2.05, 4.69) is 10.0 Å². The van der Waals surface area contributed by atoms with Gasteiger partial charge in [-0.25, -0.2) is 8.42 Å². The topological polar surface area (TPSA) is 95.6 Å². The van der Waals surface area contributed by atoms with Crippen LogP contribution in [0, 0.1) is 0 Å². The fraction of sp³-hybridized carbons (Fsp3) is 0.280. The molecule has 0 bridgehead atoms. The van der Waals surface area contributed by atoms with Crippen LogP contribution in [0.4, 0.5) is 5.69 Å². The molecule has 1 aliphatic rings. The van der Waals surface area contributed by atoms with Crippen LogP contribution in [-0.4, -0.2) is 32.3 Å². The number of hydrogen-bond acceptors (Lipinski definition) is 5. The third-order valence-electron chi connectivity index (χ3n) is 5.83. The summed E-state index contributed by atoms with van der Waals surface area (Å²) in [5.41, 5.74) is 2.38. The second-order valence-corrected chi connectivity index (χ2v) is 11.1. The molecule has 0 unspecified atom stereocenters. The Morgan fingerprint density at radius 1 is 1.12 bits per heavy atom. The largest absolute Gasteiger partial charge is 0.350 e. The normalized spacial score (nSPS) is 16.2. The zero-order chi connectivity index (χ0) is 24.3. The molecule has 0 aliphatic carbocycles. The van der Waals surface area contributed by atoms with Gasteiger partial charge in [0.25, 0.3) is 0 Å². The Morgan fingerprint density at radius 3 is 2.56 bits per heavy atom. The summed E-state index contributed by atoms with van der Waals surface area (Å²) in [7, 11) is -3.99. The van der Waals surface area contributed by atoms with Gasteiger partial charge in [-0.15, -0.1) is 11.3 Å². The Hall–Kier alpha value is -3.01. The van der Waals surface area contributed by atoms with Crippen LogP contribution in [0.25, 0.3) is 0 Å². The van der Waals surface area contributed by atoms with Crippen molar-refractivity contribution in [2.24, 2.45) is 0 Å². The van der Waals surface area contributed by atoms with Crippen molar-refractivity contribution in [3.63, 3.8) is 0 Å². The molecule has 2 aromatic carbocycles. The van der Waals surface area contributed by atoms with Crippen molar-refractivity contribution in [1.29, 1.82) is 0 Å². The molecule has 2 N–H and O–H groups in total. The van der Waals surface area contributed by atoms with E-state index in [1.54, 1.807) is 17.0 Å². The minimum atomic E-state index is -3.99. The van der Waals surface area contributed by atoms with E-state index in [1.165, 1.54) is 24.3 Å². The molecule has 1 aromatic heterocycles. The lowest BCUT2D eigenvalue weighted by atomic mass is 10.1. The van der Waals surface area contributed by atoms with Crippen LogP contribution in [0.15, 0.2) is 70.9 Å². The van der Waals surface area contributed by atoms with E-state index in [4.69, 9.17) is 0 Å². The van der Waals surface area contributed by atoms with Gasteiger partial charge in [0.15, 0.2) is 0 Å². The van der Waals surface area contributed by atoms with Crippen LogP contribution in [0.5, 0.6) is 0 Å². The summed E-state index contributed by atoms with van der Waals surface area (Å²) in [5, 5.41) is 4.77. The first-order valence-corrected chi connectivity index (χ1v) is 13.4. The number of benzene rings is 2. The van der Waals surface area contributed by atoms with Crippen LogP contribution < -0.4 is 14.9 Å². The first-order valence-electron chi connectivity index (χ1n) is 11.0. The number of nitrogens with zero attached hydrogens (tertiary/aromatic N) is 1. The second kappa shape index (κ2) is 10.1. The summed E-state index contributed by atoms with van der Waals surface area (Å²) in [6.45, 7) is 3.77. The van der Waals surface area contributed by atoms with Crippen molar-refractivity contribution in [3.8, 4) is 0 Å². The number of fused-ring (bicyclic) bond motifs is 1. The maximum Gasteiger partial charge on any atom is 0.241 e. The van der Waals surface area contributed by atoms with E-state index in [9.17, 15) is 18.0 Å². The lowest BCUT2D eigenvalue weighted by molar-refractivity contribution is -0.122. The minimum absolute atomic E-state index is 0.0349. The SMILES string of the molecule is CC(=O)N1c2ccc(S(=O)(=O)N[C@@H](Cc3ccccc3)C(=O)NCc3cccs3)cc2C[C@@H]1C. The molecule has 0 radical (unpaired) electrons. The number of thiophene rings is 1. The first kappa shape index (κ1) is 24.1. The van der Waals surface area contributed by atoms with Crippen LogP contribution in [0.3, 0.4) is 0 Å². The standard InChI is InChI=1S/C25H27N3O4S2/c1-17-13-20-15-22(10-11-24(20)28(17)18(2)29)34(31,32)27-23(14-19-7-4-3-5-8-19)25(30)26-16-21-9-6-12-33-21/h3-12,15,17,23,27H,13-14,16H2,1-2H3,(H,26,30)/t17-,23-/m0/s1. The summed E-state index contributed by atoms with van der Waals surface area (Å²) >= 11 is 1.52. The highest BCUT2D eigenvalue weighted by Gasteiger charge is 2.31. The Kier molecular flexibility index (Phi) is 7.16. The monoisotopic (exact) mass is 497 g/mol. The Morgan fingerprint density at radius 2 is 1.88 bits per heavy atom. The highest BCUT2D eigenvalue weighted by molar-refractivity contribution is 7.89. The van der Waals surface area contributed by atoms with Crippen LogP contribution in [0.1, 0.15) is 29.9 Å². The maximum absolute atomic E-state index is 13.3. The van der Waals surface area contributed by atoms with Gasteiger partial charge in [0.2, 0.25) is 21.8 Å². The van der Waals surface area contributed by atoms with Gasteiger partial charge in [0, 0.05) is 23.5 Å². The van der Waals surface area contributed by atoms with Crippen molar-refractivity contribution >= 4 is 38.9 Å². The van der Waals surface area contributed by atoms with Crippen LogP contribution >= 0.6 is 11.3 Å². The van der Waals surface area contributed by atoms with Gasteiger partial charge in [-0.3, -0.25) is 9.59 Å². The van der Waals surface area contributed by atoms with E-state index in [0.29, 0.717) is 13.0 Å². The summed E-state index contributed by atoms with van der Waals surface area (Å²) in [6.07, 6.45) is 0.795. The first-order chi connectivity index (χ1) is 16.2. The molecule has 0 fully saturated rings. The Balaban J connectivity index is 1.56. The number of rotatable bonds is 8. The van der Waals surface area contributed by atoms with Gasteiger partial charge in [-0.05, 0) is 60.5 Å². The van der Waals surface area contributed by atoms with Gasteiger partial charge < -0.3 is 10.2 Å². The van der Waals surface area contributed by atoms with E-state index < -0.39 is 22.0 Å². The third kappa shape index (κ3) is 5.38. The summed E-state index contributed by atoms with van der Waals surface area (Å²) in [4.78, 5) is 27.8. The molecule has 34 heavy (non-hydrogen) atoms. The van der Waals surface area contributed by atoms with E-state index >= 15 is 0 Å². The maximum atomic E-state index is 13.3. The second-order valence-electron chi connectivity index (χ2n) is 8.39. The minimum Gasteiger partial charge on any atom is -0.350 e. The van der Waals surface area contributed by atoms with Crippen molar-refractivity contribution in [2.75, 3.05) is 4.90 Å². The molecule has 2 amide bonds. The number of carbonyl (C=O) groups excluding carboxylic acids is 2. The number of sulfonamides is 1. The number of anilines is 1. The molecule has 0 saturated carbocycles. The average molecular weight is 498 g/mol. The molecule has 178 valence electrons.